The molecule has 0 saturated carbocycles. The molecule has 1 aliphatic heterocycles. The fraction of sp³-hybridized carbons (Fsp3) is 0.632. The van der Waals surface area contributed by atoms with Crippen LogP contribution in [-0.4, -0.2) is 41.1 Å². The molecular formula is C19H29N5S. The van der Waals surface area contributed by atoms with Crippen molar-refractivity contribution in [2.45, 2.75) is 52.4 Å². The second-order valence-corrected chi connectivity index (χ2v) is 9.60. The molecule has 2 aromatic rings. The van der Waals surface area contributed by atoms with Crippen molar-refractivity contribution in [1.82, 2.24) is 15.0 Å². The Morgan fingerprint density at radius 1 is 0.880 bits per heavy atom. The Balaban J connectivity index is 1.84. The van der Waals surface area contributed by atoms with E-state index in [0.29, 0.717) is 0 Å². The van der Waals surface area contributed by atoms with Crippen LogP contribution in [0.25, 0.3) is 0 Å². The van der Waals surface area contributed by atoms with Crippen LogP contribution in [0, 0.1) is 0 Å². The topological polar surface area (TPSA) is 45.2 Å². The van der Waals surface area contributed by atoms with E-state index in [2.05, 4.69) is 62.4 Å². The van der Waals surface area contributed by atoms with Gasteiger partial charge in [0.1, 0.15) is 11.6 Å². The highest BCUT2D eigenvalue weighted by Gasteiger charge is 2.26. The summed E-state index contributed by atoms with van der Waals surface area (Å²) in [5, 5.41) is 3.16. The Morgan fingerprint density at radius 3 is 2.04 bits per heavy atom. The number of thiazole rings is 1. The van der Waals surface area contributed by atoms with E-state index in [0.717, 1.165) is 48.6 Å². The molecule has 0 aliphatic carbocycles. The van der Waals surface area contributed by atoms with E-state index in [9.17, 15) is 0 Å². The smallest absolute Gasteiger partial charge is 0.185 e. The molecule has 1 aliphatic rings. The van der Waals surface area contributed by atoms with Crippen molar-refractivity contribution in [2.75, 3.05) is 36.0 Å². The molecule has 0 unspecified atom stereocenters. The molecule has 3 rings (SSSR count). The quantitative estimate of drug-likeness (QED) is 0.815. The minimum Gasteiger partial charge on any atom is -0.353 e. The zero-order chi connectivity index (χ0) is 18.2. The Kier molecular flexibility index (Phi) is 4.75. The maximum Gasteiger partial charge on any atom is 0.185 e. The first-order valence-electron chi connectivity index (χ1n) is 8.94. The van der Waals surface area contributed by atoms with Crippen molar-refractivity contribution in [2.24, 2.45) is 0 Å². The van der Waals surface area contributed by atoms with Gasteiger partial charge in [-0.2, -0.15) is 0 Å². The number of aromatic nitrogens is 3. The van der Waals surface area contributed by atoms with Crippen LogP contribution in [0.2, 0.25) is 0 Å². The molecule has 1 saturated heterocycles. The Bertz CT molecular complexity index is 672. The summed E-state index contributed by atoms with van der Waals surface area (Å²) in [7, 11) is 0. The molecule has 3 heterocycles. The van der Waals surface area contributed by atoms with Crippen molar-refractivity contribution in [3.8, 4) is 0 Å². The largest absolute Gasteiger partial charge is 0.353 e. The third-order valence-corrected chi connectivity index (χ3v) is 5.28. The third-order valence-electron chi connectivity index (χ3n) is 4.45. The number of piperazine rings is 1. The van der Waals surface area contributed by atoms with Gasteiger partial charge in [0.2, 0.25) is 0 Å². The first-order chi connectivity index (χ1) is 11.6. The number of hydrogen-bond donors (Lipinski definition) is 0. The highest BCUT2D eigenvalue weighted by Crippen LogP contribution is 2.29. The van der Waals surface area contributed by atoms with Crippen molar-refractivity contribution in [3.63, 3.8) is 0 Å². The van der Waals surface area contributed by atoms with E-state index in [1.807, 2.05) is 11.6 Å². The van der Waals surface area contributed by atoms with Crippen LogP contribution in [0.1, 0.15) is 53.1 Å². The fourth-order valence-corrected chi connectivity index (χ4v) is 3.51. The second-order valence-electron chi connectivity index (χ2n) is 8.72. The standard InChI is InChI=1S/C19H29N5S/c1-18(2,3)14-13-15(22-16(21-14)19(4,5)6)23-8-10-24(11-9-23)17-20-7-12-25-17/h7,12-13H,8-11H2,1-6H3. The van der Waals surface area contributed by atoms with Gasteiger partial charge in [0, 0.05) is 54.7 Å². The average Bonchev–Trinajstić information content (AvgIpc) is 3.07. The summed E-state index contributed by atoms with van der Waals surface area (Å²) in [6, 6.07) is 2.17. The SMILES string of the molecule is CC(C)(C)c1cc(N2CCN(c3nccs3)CC2)nc(C(C)(C)C)n1. The molecule has 1 fully saturated rings. The highest BCUT2D eigenvalue weighted by atomic mass is 32.1. The van der Waals surface area contributed by atoms with Gasteiger partial charge in [0.25, 0.3) is 0 Å². The fourth-order valence-electron chi connectivity index (χ4n) is 2.81. The van der Waals surface area contributed by atoms with E-state index in [1.54, 1.807) is 11.3 Å². The van der Waals surface area contributed by atoms with Gasteiger partial charge in [0.05, 0.1) is 5.69 Å². The van der Waals surface area contributed by atoms with Gasteiger partial charge in [0.15, 0.2) is 5.13 Å². The Labute approximate surface area is 155 Å². The van der Waals surface area contributed by atoms with E-state index in [1.165, 1.54) is 0 Å². The Morgan fingerprint density at radius 2 is 1.52 bits per heavy atom. The van der Waals surface area contributed by atoms with Gasteiger partial charge in [-0.05, 0) is 0 Å². The average molecular weight is 360 g/mol. The second kappa shape index (κ2) is 6.56. The van der Waals surface area contributed by atoms with Crippen molar-refractivity contribution in [3.05, 3.63) is 29.2 Å². The molecule has 2 aromatic heterocycles. The van der Waals surface area contributed by atoms with Crippen LogP contribution in [-0.2, 0) is 10.8 Å². The first kappa shape index (κ1) is 18.1. The molecule has 0 atom stereocenters. The van der Waals surface area contributed by atoms with Crippen LogP contribution in [0.4, 0.5) is 10.9 Å². The molecule has 0 amide bonds. The monoisotopic (exact) mass is 359 g/mol. The van der Waals surface area contributed by atoms with E-state index >= 15 is 0 Å². The van der Waals surface area contributed by atoms with E-state index in [4.69, 9.17) is 9.97 Å². The van der Waals surface area contributed by atoms with Gasteiger partial charge < -0.3 is 9.80 Å². The van der Waals surface area contributed by atoms with Gasteiger partial charge in [-0.3, -0.25) is 0 Å². The van der Waals surface area contributed by atoms with Gasteiger partial charge in [-0.15, -0.1) is 11.3 Å². The van der Waals surface area contributed by atoms with Gasteiger partial charge >= 0.3 is 0 Å². The lowest BCUT2D eigenvalue weighted by atomic mass is 9.90. The van der Waals surface area contributed by atoms with E-state index in [-0.39, 0.29) is 10.8 Å². The summed E-state index contributed by atoms with van der Waals surface area (Å²) in [4.78, 5) is 19.0. The summed E-state index contributed by atoms with van der Waals surface area (Å²) in [6.45, 7) is 17.1. The van der Waals surface area contributed by atoms with Crippen molar-refractivity contribution >= 4 is 22.3 Å². The Hall–Kier alpha value is -1.69. The molecule has 0 bridgehead atoms. The molecular weight excluding hydrogens is 330 g/mol. The third kappa shape index (κ3) is 4.11. The first-order valence-corrected chi connectivity index (χ1v) is 9.82. The predicted octanol–water partition coefficient (Wildman–Crippen LogP) is 3.85. The lowest BCUT2D eigenvalue weighted by Gasteiger charge is -2.36. The molecule has 0 spiro atoms. The molecule has 25 heavy (non-hydrogen) atoms. The van der Waals surface area contributed by atoms with E-state index < -0.39 is 0 Å². The number of rotatable bonds is 2. The lowest BCUT2D eigenvalue weighted by molar-refractivity contribution is 0.511. The maximum absolute atomic E-state index is 4.91. The molecule has 0 aromatic carbocycles. The van der Waals surface area contributed by atoms with Crippen molar-refractivity contribution in [1.29, 1.82) is 0 Å². The van der Waals surface area contributed by atoms with Crippen molar-refractivity contribution < 1.29 is 0 Å². The van der Waals surface area contributed by atoms with Crippen LogP contribution >= 0.6 is 11.3 Å². The molecule has 0 N–H and O–H groups in total. The minimum atomic E-state index is -0.0568. The molecule has 0 radical (unpaired) electrons. The minimum absolute atomic E-state index is 0.0143. The van der Waals surface area contributed by atoms with Gasteiger partial charge in [-0.25, -0.2) is 15.0 Å². The summed E-state index contributed by atoms with van der Waals surface area (Å²) in [6.07, 6.45) is 1.88. The number of anilines is 2. The van der Waals surface area contributed by atoms with Crippen LogP contribution in [0.3, 0.4) is 0 Å². The maximum atomic E-state index is 4.91. The predicted molar refractivity (Wildman–Crippen MR) is 106 cm³/mol. The summed E-state index contributed by atoms with van der Waals surface area (Å²) >= 11 is 1.71. The van der Waals surface area contributed by atoms with Gasteiger partial charge in [-0.1, -0.05) is 41.5 Å². The highest BCUT2D eigenvalue weighted by molar-refractivity contribution is 7.13. The van der Waals surface area contributed by atoms with Crippen LogP contribution in [0.5, 0.6) is 0 Å². The molecule has 6 heteroatoms. The van der Waals surface area contributed by atoms with Crippen LogP contribution in [0.15, 0.2) is 17.6 Å². The zero-order valence-corrected chi connectivity index (χ0v) is 17.0. The molecule has 136 valence electrons. The number of nitrogens with zero attached hydrogens (tertiary/aromatic N) is 5. The zero-order valence-electron chi connectivity index (χ0n) is 16.2. The summed E-state index contributed by atoms with van der Waals surface area (Å²) in [5.41, 5.74) is 1.07. The molecule has 5 nitrogen and oxygen atoms in total. The van der Waals surface area contributed by atoms with Crippen LogP contribution < -0.4 is 9.80 Å². The summed E-state index contributed by atoms with van der Waals surface area (Å²) < 4.78 is 0. The summed E-state index contributed by atoms with van der Waals surface area (Å²) in [5.74, 6) is 1.99. The number of hydrogen-bond acceptors (Lipinski definition) is 6. The lowest BCUT2D eigenvalue weighted by Crippen LogP contribution is -2.47. The normalized spacial score (nSPS) is 16.4.